The molecule has 124 valence electrons. The van der Waals surface area contributed by atoms with Crippen LogP contribution in [0.5, 0.6) is 0 Å². The minimum atomic E-state index is -2.13. The van der Waals surface area contributed by atoms with Gasteiger partial charge in [-0.05, 0) is 56.5 Å². The average Bonchev–Trinajstić information content (AvgIpc) is 2.81. The van der Waals surface area contributed by atoms with E-state index < -0.39 is 6.49 Å². The molecule has 0 N–H and O–H groups in total. The van der Waals surface area contributed by atoms with Gasteiger partial charge in [-0.3, -0.25) is 0 Å². The summed E-state index contributed by atoms with van der Waals surface area (Å²) in [6.07, 6.45) is 0.882. The lowest BCUT2D eigenvalue weighted by Gasteiger charge is -2.25. The van der Waals surface area contributed by atoms with E-state index in [0.29, 0.717) is 25.0 Å². The highest BCUT2D eigenvalue weighted by molar-refractivity contribution is 8.09. The number of rotatable bonds is 7. The van der Waals surface area contributed by atoms with Crippen molar-refractivity contribution < 1.29 is 9.05 Å². The van der Waals surface area contributed by atoms with Gasteiger partial charge in [-0.25, -0.2) is 0 Å². The van der Waals surface area contributed by atoms with Crippen molar-refractivity contribution in [1.29, 1.82) is 0 Å². The SMILES string of the molecule is CCOP(=S)(C[C@@H]1CN(c2ccc(C)cc2)C[C@@H]1C)OCC. The molecule has 0 saturated carbocycles. The summed E-state index contributed by atoms with van der Waals surface area (Å²) in [5, 5.41) is 0. The Morgan fingerprint density at radius 1 is 1.14 bits per heavy atom. The summed E-state index contributed by atoms with van der Waals surface area (Å²) in [5.74, 6) is 1.16. The van der Waals surface area contributed by atoms with Gasteiger partial charge >= 0.3 is 0 Å². The molecule has 0 aliphatic carbocycles. The second kappa shape index (κ2) is 7.92. The minimum absolute atomic E-state index is 0.547. The molecule has 2 atom stereocenters. The van der Waals surface area contributed by atoms with Crippen LogP contribution in [-0.4, -0.2) is 32.5 Å². The van der Waals surface area contributed by atoms with Crippen LogP contribution in [0.2, 0.25) is 0 Å². The maximum atomic E-state index is 5.82. The third kappa shape index (κ3) is 4.55. The minimum Gasteiger partial charge on any atom is -0.371 e. The van der Waals surface area contributed by atoms with E-state index in [-0.39, 0.29) is 0 Å². The molecule has 1 fully saturated rings. The predicted octanol–water partition coefficient (Wildman–Crippen LogP) is 4.45. The number of hydrogen-bond donors (Lipinski definition) is 0. The Morgan fingerprint density at radius 3 is 2.27 bits per heavy atom. The van der Waals surface area contributed by atoms with Gasteiger partial charge < -0.3 is 13.9 Å². The monoisotopic (exact) mass is 341 g/mol. The Labute approximate surface area is 140 Å². The third-order valence-corrected chi connectivity index (χ3v) is 7.58. The van der Waals surface area contributed by atoms with Crippen LogP contribution in [0.4, 0.5) is 5.69 Å². The first-order valence-electron chi connectivity index (χ1n) is 8.17. The van der Waals surface area contributed by atoms with E-state index in [4.69, 9.17) is 20.9 Å². The Bertz CT molecular complexity index is 510. The van der Waals surface area contributed by atoms with E-state index >= 15 is 0 Å². The van der Waals surface area contributed by atoms with Crippen LogP contribution in [-0.2, 0) is 20.9 Å². The van der Waals surface area contributed by atoms with Crippen LogP contribution in [0.15, 0.2) is 24.3 Å². The molecule has 1 heterocycles. The second-order valence-corrected chi connectivity index (χ2v) is 9.88. The van der Waals surface area contributed by atoms with Crippen LogP contribution >= 0.6 is 6.49 Å². The summed E-state index contributed by atoms with van der Waals surface area (Å²) in [4.78, 5) is 2.46. The van der Waals surface area contributed by atoms with Crippen LogP contribution in [0.1, 0.15) is 26.3 Å². The molecule has 0 unspecified atom stereocenters. The molecular weight excluding hydrogens is 313 g/mol. The molecule has 0 radical (unpaired) electrons. The van der Waals surface area contributed by atoms with E-state index in [1.807, 2.05) is 13.8 Å². The topological polar surface area (TPSA) is 21.7 Å². The zero-order valence-electron chi connectivity index (χ0n) is 14.1. The van der Waals surface area contributed by atoms with Crippen molar-refractivity contribution in [2.24, 2.45) is 11.8 Å². The first-order valence-corrected chi connectivity index (χ1v) is 11.0. The van der Waals surface area contributed by atoms with Gasteiger partial charge in [0.25, 0.3) is 0 Å². The standard InChI is InChI=1S/C17H28NO2PS/c1-5-19-21(22,20-6-2)13-16-12-18(11-15(16)4)17-9-7-14(3)8-10-17/h7-10,15-16H,5-6,11-13H2,1-4H3/t15-,16-/m0/s1. The summed E-state index contributed by atoms with van der Waals surface area (Å²) < 4.78 is 11.6. The lowest BCUT2D eigenvalue weighted by atomic mass is 10.0. The summed E-state index contributed by atoms with van der Waals surface area (Å²) in [7, 11) is 0. The fraction of sp³-hybridized carbons (Fsp3) is 0.647. The molecule has 1 aromatic carbocycles. The molecule has 5 heteroatoms. The largest absolute Gasteiger partial charge is 0.371 e. The molecule has 1 aromatic rings. The highest BCUT2D eigenvalue weighted by Crippen LogP contribution is 2.52. The fourth-order valence-corrected chi connectivity index (χ4v) is 6.39. The summed E-state index contributed by atoms with van der Waals surface area (Å²) in [5.41, 5.74) is 2.61. The highest BCUT2D eigenvalue weighted by atomic mass is 32.5. The third-order valence-electron chi connectivity index (χ3n) is 4.28. The average molecular weight is 341 g/mol. The van der Waals surface area contributed by atoms with Gasteiger partial charge in [-0.1, -0.05) is 24.6 Å². The maximum absolute atomic E-state index is 5.82. The van der Waals surface area contributed by atoms with Gasteiger partial charge in [0.1, 0.15) is 0 Å². The summed E-state index contributed by atoms with van der Waals surface area (Å²) >= 11 is 5.71. The predicted molar refractivity (Wildman–Crippen MR) is 98.5 cm³/mol. The number of anilines is 1. The Hall–Kier alpha value is -0.410. The first-order chi connectivity index (χ1) is 10.5. The molecule has 22 heavy (non-hydrogen) atoms. The molecule has 1 aliphatic heterocycles. The quantitative estimate of drug-likeness (QED) is 0.683. The van der Waals surface area contributed by atoms with Crippen molar-refractivity contribution in [2.75, 3.05) is 37.4 Å². The van der Waals surface area contributed by atoms with Gasteiger partial charge in [0, 0.05) is 24.9 Å². The van der Waals surface area contributed by atoms with Crippen molar-refractivity contribution in [1.82, 2.24) is 0 Å². The number of hydrogen-bond acceptors (Lipinski definition) is 4. The van der Waals surface area contributed by atoms with Gasteiger partial charge in [0.15, 0.2) is 6.49 Å². The first kappa shape index (κ1) is 17.9. The molecule has 0 spiro atoms. The van der Waals surface area contributed by atoms with Gasteiger partial charge in [0.2, 0.25) is 0 Å². The molecule has 0 bridgehead atoms. The molecule has 0 amide bonds. The highest BCUT2D eigenvalue weighted by Gasteiger charge is 2.34. The van der Waals surface area contributed by atoms with E-state index in [9.17, 15) is 0 Å². The molecule has 2 rings (SSSR count). The van der Waals surface area contributed by atoms with Crippen LogP contribution in [0.3, 0.4) is 0 Å². The van der Waals surface area contributed by atoms with Gasteiger partial charge in [-0.15, -0.1) is 0 Å². The van der Waals surface area contributed by atoms with Crippen molar-refractivity contribution >= 4 is 24.0 Å². The molecule has 1 aliphatic rings. The molecule has 1 saturated heterocycles. The van der Waals surface area contributed by atoms with Crippen LogP contribution in [0.25, 0.3) is 0 Å². The van der Waals surface area contributed by atoms with E-state index in [1.165, 1.54) is 11.3 Å². The fourth-order valence-electron chi connectivity index (χ4n) is 3.06. The van der Waals surface area contributed by atoms with Crippen molar-refractivity contribution in [2.45, 2.75) is 27.7 Å². The van der Waals surface area contributed by atoms with Crippen molar-refractivity contribution in [3.8, 4) is 0 Å². The lowest BCUT2D eigenvalue weighted by molar-refractivity contribution is 0.260. The van der Waals surface area contributed by atoms with E-state index in [2.05, 4.69) is 43.0 Å². The zero-order chi connectivity index (χ0) is 16.2. The van der Waals surface area contributed by atoms with Crippen LogP contribution in [0, 0.1) is 18.8 Å². The van der Waals surface area contributed by atoms with E-state index in [1.54, 1.807) is 0 Å². The smallest absolute Gasteiger partial charge is 0.189 e. The Balaban J connectivity index is 2.04. The van der Waals surface area contributed by atoms with E-state index in [0.717, 1.165) is 19.3 Å². The Kier molecular flexibility index (Phi) is 6.46. The molecule has 3 nitrogen and oxygen atoms in total. The number of benzene rings is 1. The molecule has 0 aromatic heterocycles. The van der Waals surface area contributed by atoms with Crippen molar-refractivity contribution in [3.63, 3.8) is 0 Å². The maximum Gasteiger partial charge on any atom is 0.189 e. The number of nitrogens with zero attached hydrogens (tertiary/aromatic N) is 1. The van der Waals surface area contributed by atoms with Gasteiger partial charge in [-0.2, -0.15) is 0 Å². The Morgan fingerprint density at radius 2 is 1.73 bits per heavy atom. The molecular formula is C17H28NO2PS. The summed E-state index contributed by atoms with van der Waals surface area (Å²) in [6, 6.07) is 8.79. The summed E-state index contributed by atoms with van der Waals surface area (Å²) in [6.45, 7) is 9.72. The lowest BCUT2D eigenvalue weighted by Crippen LogP contribution is -2.21. The number of aryl methyl sites for hydroxylation is 1. The van der Waals surface area contributed by atoms with Crippen LogP contribution < -0.4 is 4.90 Å². The second-order valence-electron chi connectivity index (χ2n) is 6.11. The van der Waals surface area contributed by atoms with Gasteiger partial charge in [0.05, 0.1) is 13.2 Å². The van der Waals surface area contributed by atoms with Crippen molar-refractivity contribution in [3.05, 3.63) is 29.8 Å². The zero-order valence-corrected chi connectivity index (χ0v) is 15.8. The normalized spacial score (nSPS) is 22.3.